The highest BCUT2D eigenvalue weighted by atomic mass is 35.5. The molecular formula is C19H24ClN3O. The number of rotatable bonds is 5. The average molecular weight is 346 g/mol. The molecule has 2 aromatic carbocycles. The van der Waals surface area contributed by atoms with E-state index in [1.165, 1.54) is 11.3 Å². The predicted molar refractivity (Wildman–Crippen MR) is 100 cm³/mol. The second kappa shape index (κ2) is 7.88. The SMILES string of the molecule is COc1ccc([C@@H](CN)N2CCN(c3cccc(Cl)c3)CC2)cc1. The molecule has 1 saturated heterocycles. The lowest BCUT2D eigenvalue weighted by Crippen LogP contribution is -2.49. The zero-order valence-corrected chi connectivity index (χ0v) is 14.7. The molecule has 2 N–H and O–H groups in total. The zero-order valence-electron chi connectivity index (χ0n) is 14.0. The van der Waals surface area contributed by atoms with Gasteiger partial charge in [0.1, 0.15) is 5.75 Å². The normalized spacial score (nSPS) is 16.9. The number of halogens is 1. The van der Waals surface area contributed by atoms with Crippen LogP contribution < -0.4 is 15.4 Å². The van der Waals surface area contributed by atoms with Crippen LogP contribution >= 0.6 is 11.6 Å². The second-order valence-corrected chi connectivity index (χ2v) is 6.46. The first-order valence-electron chi connectivity index (χ1n) is 8.30. The Kier molecular flexibility index (Phi) is 5.61. The molecule has 0 amide bonds. The van der Waals surface area contributed by atoms with Gasteiger partial charge in [-0.2, -0.15) is 0 Å². The maximum atomic E-state index is 6.11. The van der Waals surface area contributed by atoms with Crippen molar-refractivity contribution in [2.24, 2.45) is 5.73 Å². The topological polar surface area (TPSA) is 41.7 Å². The molecule has 3 rings (SSSR count). The molecule has 128 valence electrons. The summed E-state index contributed by atoms with van der Waals surface area (Å²) in [7, 11) is 1.69. The third kappa shape index (κ3) is 3.83. The van der Waals surface area contributed by atoms with E-state index in [4.69, 9.17) is 22.1 Å². The van der Waals surface area contributed by atoms with Gasteiger partial charge >= 0.3 is 0 Å². The predicted octanol–water partition coefficient (Wildman–Crippen LogP) is 3.17. The van der Waals surface area contributed by atoms with Crippen LogP contribution in [0.15, 0.2) is 48.5 Å². The van der Waals surface area contributed by atoms with Gasteiger partial charge in [0.15, 0.2) is 0 Å². The Hall–Kier alpha value is -1.75. The van der Waals surface area contributed by atoms with Crippen LogP contribution in [0.4, 0.5) is 5.69 Å². The van der Waals surface area contributed by atoms with Crippen LogP contribution in [0, 0.1) is 0 Å². The van der Waals surface area contributed by atoms with E-state index in [0.717, 1.165) is 37.0 Å². The third-order valence-electron chi connectivity index (χ3n) is 4.65. The summed E-state index contributed by atoms with van der Waals surface area (Å²) in [6.07, 6.45) is 0. The summed E-state index contributed by atoms with van der Waals surface area (Å²) in [5, 5.41) is 0.785. The summed E-state index contributed by atoms with van der Waals surface area (Å²) in [5.74, 6) is 0.875. The zero-order chi connectivity index (χ0) is 16.9. The molecule has 1 heterocycles. The molecule has 1 aliphatic heterocycles. The summed E-state index contributed by atoms with van der Waals surface area (Å²) in [6.45, 7) is 4.55. The summed E-state index contributed by atoms with van der Waals surface area (Å²) < 4.78 is 5.24. The molecule has 0 aromatic heterocycles. The van der Waals surface area contributed by atoms with Crippen LogP contribution in [0.3, 0.4) is 0 Å². The van der Waals surface area contributed by atoms with Gasteiger partial charge in [-0.3, -0.25) is 4.90 Å². The van der Waals surface area contributed by atoms with Gasteiger partial charge in [-0.05, 0) is 35.9 Å². The van der Waals surface area contributed by atoms with Crippen molar-refractivity contribution in [1.82, 2.24) is 4.90 Å². The highest BCUT2D eigenvalue weighted by Gasteiger charge is 2.24. The first kappa shape index (κ1) is 17.1. The monoisotopic (exact) mass is 345 g/mol. The van der Waals surface area contributed by atoms with Gasteiger partial charge in [0.25, 0.3) is 0 Å². The fourth-order valence-corrected chi connectivity index (χ4v) is 3.47. The van der Waals surface area contributed by atoms with Gasteiger partial charge in [-0.15, -0.1) is 0 Å². The highest BCUT2D eigenvalue weighted by molar-refractivity contribution is 6.30. The number of methoxy groups -OCH3 is 1. The van der Waals surface area contributed by atoms with E-state index in [1.807, 2.05) is 30.3 Å². The number of hydrogen-bond donors (Lipinski definition) is 1. The number of benzene rings is 2. The number of nitrogens with zero attached hydrogens (tertiary/aromatic N) is 2. The van der Waals surface area contributed by atoms with Crippen molar-refractivity contribution in [3.05, 3.63) is 59.1 Å². The molecular weight excluding hydrogens is 322 g/mol. The van der Waals surface area contributed by atoms with Gasteiger partial charge < -0.3 is 15.4 Å². The minimum atomic E-state index is 0.248. The molecule has 1 fully saturated rings. The lowest BCUT2D eigenvalue weighted by Gasteiger charge is -2.40. The molecule has 24 heavy (non-hydrogen) atoms. The van der Waals surface area contributed by atoms with Gasteiger partial charge in [0.2, 0.25) is 0 Å². The highest BCUT2D eigenvalue weighted by Crippen LogP contribution is 2.26. The van der Waals surface area contributed by atoms with Gasteiger partial charge in [0.05, 0.1) is 7.11 Å². The molecule has 4 nitrogen and oxygen atoms in total. The van der Waals surface area contributed by atoms with E-state index in [9.17, 15) is 0 Å². The van der Waals surface area contributed by atoms with E-state index in [0.29, 0.717) is 6.54 Å². The first-order valence-corrected chi connectivity index (χ1v) is 8.67. The maximum Gasteiger partial charge on any atom is 0.118 e. The molecule has 5 heteroatoms. The lowest BCUT2D eigenvalue weighted by molar-refractivity contribution is 0.190. The van der Waals surface area contributed by atoms with Crippen LogP contribution in [-0.2, 0) is 0 Å². The molecule has 1 aliphatic rings. The third-order valence-corrected chi connectivity index (χ3v) is 4.89. The Balaban J connectivity index is 1.65. The quantitative estimate of drug-likeness (QED) is 0.903. The van der Waals surface area contributed by atoms with Gasteiger partial charge in [0, 0.05) is 49.5 Å². The molecule has 0 saturated carbocycles. The largest absolute Gasteiger partial charge is 0.497 e. The Morgan fingerprint density at radius 2 is 1.79 bits per heavy atom. The summed E-state index contributed by atoms with van der Waals surface area (Å²) in [6, 6.07) is 16.5. The van der Waals surface area contributed by atoms with Crippen molar-refractivity contribution < 1.29 is 4.74 Å². The minimum Gasteiger partial charge on any atom is -0.497 e. The van der Waals surface area contributed by atoms with Crippen molar-refractivity contribution in [3.8, 4) is 5.75 Å². The lowest BCUT2D eigenvalue weighted by atomic mass is 10.0. The Morgan fingerprint density at radius 1 is 1.08 bits per heavy atom. The molecule has 0 unspecified atom stereocenters. The smallest absolute Gasteiger partial charge is 0.118 e. The van der Waals surface area contributed by atoms with E-state index in [1.54, 1.807) is 7.11 Å². The standard InChI is InChI=1S/C19H24ClN3O/c1-24-18-7-5-15(6-8-18)19(14-21)23-11-9-22(10-12-23)17-4-2-3-16(20)13-17/h2-8,13,19H,9-12,14,21H2,1H3/t19-/m1/s1. The van der Waals surface area contributed by atoms with E-state index < -0.39 is 0 Å². The van der Waals surface area contributed by atoms with Crippen molar-refractivity contribution in [2.45, 2.75) is 6.04 Å². The second-order valence-electron chi connectivity index (χ2n) is 6.03. The van der Waals surface area contributed by atoms with Crippen LogP contribution in [0.2, 0.25) is 5.02 Å². The molecule has 1 atom stereocenters. The fourth-order valence-electron chi connectivity index (χ4n) is 3.29. The van der Waals surface area contributed by atoms with Crippen LogP contribution in [-0.4, -0.2) is 44.7 Å². The fraction of sp³-hybridized carbons (Fsp3) is 0.368. The minimum absolute atomic E-state index is 0.248. The number of piperazine rings is 1. The average Bonchev–Trinajstić information content (AvgIpc) is 2.63. The molecule has 0 aliphatic carbocycles. The molecule has 0 spiro atoms. The Labute approximate surface area is 148 Å². The van der Waals surface area contributed by atoms with Crippen LogP contribution in [0.1, 0.15) is 11.6 Å². The maximum absolute atomic E-state index is 6.11. The number of hydrogen-bond acceptors (Lipinski definition) is 4. The van der Waals surface area contributed by atoms with Crippen molar-refractivity contribution in [3.63, 3.8) is 0 Å². The summed E-state index contributed by atoms with van der Waals surface area (Å²) in [4.78, 5) is 4.84. The van der Waals surface area contributed by atoms with Crippen molar-refractivity contribution in [2.75, 3.05) is 44.7 Å². The Bertz CT molecular complexity index is 654. The number of nitrogens with two attached hydrogens (primary N) is 1. The molecule has 0 bridgehead atoms. The van der Waals surface area contributed by atoms with E-state index >= 15 is 0 Å². The molecule has 0 radical (unpaired) electrons. The van der Waals surface area contributed by atoms with Gasteiger partial charge in [-0.25, -0.2) is 0 Å². The molecule has 2 aromatic rings. The summed E-state index contributed by atoms with van der Waals surface area (Å²) >= 11 is 6.11. The Morgan fingerprint density at radius 3 is 2.38 bits per heavy atom. The first-order chi connectivity index (χ1) is 11.7. The van der Waals surface area contributed by atoms with Crippen LogP contribution in [0.5, 0.6) is 5.75 Å². The summed E-state index contributed by atoms with van der Waals surface area (Å²) in [5.41, 5.74) is 8.50. The van der Waals surface area contributed by atoms with Crippen LogP contribution in [0.25, 0.3) is 0 Å². The van der Waals surface area contributed by atoms with Crippen molar-refractivity contribution >= 4 is 17.3 Å². The van der Waals surface area contributed by atoms with Crippen molar-refractivity contribution in [1.29, 1.82) is 0 Å². The van der Waals surface area contributed by atoms with Gasteiger partial charge in [-0.1, -0.05) is 29.8 Å². The number of ether oxygens (including phenoxy) is 1. The van der Waals surface area contributed by atoms with E-state index in [2.05, 4.69) is 28.0 Å². The van der Waals surface area contributed by atoms with E-state index in [-0.39, 0.29) is 6.04 Å². The number of anilines is 1.